The molecule has 1 saturated heterocycles. The molecular formula is C11H12N2O3S. The van der Waals surface area contributed by atoms with Crippen molar-refractivity contribution in [3.8, 4) is 10.7 Å². The van der Waals surface area contributed by atoms with E-state index in [0.717, 1.165) is 24.3 Å². The van der Waals surface area contributed by atoms with Crippen LogP contribution in [0.3, 0.4) is 0 Å². The van der Waals surface area contributed by atoms with Crippen molar-refractivity contribution >= 4 is 11.3 Å². The Morgan fingerprint density at radius 2 is 2.53 bits per heavy atom. The molecule has 2 aromatic heterocycles. The molecule has 0 aliphatic carbocycles. The maximum absolute atomic E-state index is 11.6. The van der Waals surface area contributed by atoms with Crippen molar-refractivity contribution in [1.82, 2.24) is 9.72 Å². The van der Waals surface area contributed by atoms with Gasteiger partial charge in [0.1, 0.15) is 0 Å². The third-order valence-electron chi connectivity index (χ3n) is 2.84. The zero-order chi connectivity index (χ0) is 11.7. The lowest BCUT2D eigenvalue weighted by Gasteiger charge is -2.09. The van der Waals surface area contributed by atoms with E-state index in [2.05, 4.69) is 5.16 Å². The molecule has 0 saturated carbocycles. The van der Waals surface area contributed by atoms with Crippen molar-refractivity contribution < 1.29 is 9.26 Å². The van der Waals surface area contributed by atoms with E-state index in [4.69, 9.17) is 9.26 Å². The number of nitrogens with zero attached hydrogens (tertiary/aromatic N) is 2. The predicted octanol–water partition coefficient (Wildman–Crippen LogP) is 1.74. The van der Waals surface area contributed by atoms with Gasteiger partial charge in [-0.05, 0) is 24.3 Å². The molecule has 3 heterocycles. The summed E-state index contributed by atoms with van der Waals surface area (Å²) in [5.74, 6) is 0.185. The van der Waals surface area contributed by atoms with Crippen molar-refractivity contribution in [1.29, 1.82) is 0 Å². The van der Waals surface area contributed by atoms with Gasteiger partial charge >= 0.3 is 5.76 Å². The second-order valence-electron chi connectivity index (χ2n) is 4.00. The maximum Gasteiger partial charge on any atom is 0.441 e. The quantitative estimate of drug-likeness (QED) is 0.835. The fourth-order valence-electron chi connectivity index (χ4n) is 2.00. The summed E-state index contributed by atoms with van der Waals surface area (Å²) in [7, 11) is 0. The summed E-state index contributed by atoms with van der Waals surface area (Å²) in [4.78, 5) is 12.5. The van der Waals surface area contributed by atoms with Crippen molar-refractivity contribution in [2.24, 2.45) is 0 Å². The molecule has 1 fully saturated rings. The summed E-state index contributed by atoms with van der Waals surface area (Å²) >= 11 is 1.54. The van der Waals surface area contributed by atoms with Gasteiger partial charge in [0.2, 0.25) is 0 Å². The average Bonchev–Trinajstić information content (AvgIpc) is 3.03. The standard InChI is InChI=1S/C11H12N2O3S/c14-11-13(7-8-3-1-5-15-8)10(12-16-11)9-4-2-6-17-9/h2,4,6,8H,1,3,5,7H2/t8-/m0/s1. The van der Waals surface area contributed by atoms with E-state index >= 15 is 0 Å². The summed E-state index contributed by atoms with van der Waals surface area (Å²) < 4.78 is 11.8. The lowest BCUT2D eigenvalue weighted by molar-refractivity contribution is 0.0956. The highest BCUT2D eigenvalue weighted by atomic mass is 32.1. The van der Waals surface area contributed by atoms with Crippen LogP contribution in [0.4, 0.5) is 0 Å². The first-order valence-electron chi connectivity index (χ1n) is 5.56. The lowest BCUT2D eigenvalue weighted by Crippen LogP contribution is -2.23. The minimum absolute atomic E-state index is 0.103. The van der Waals surface area contributed by atoms with Crippen LogP contribution in [0.1, 0.15) is 12.8 Å². The van der Waals surface area contributed by atoms with Crippen molar-refractivity contribution in [2.75, 3.05) is 6.61 Å². The first-order valence-corrected chi connectivity index (χ1v) is 6.44. The number of ether oxygens (including phenoxy) is 1. The van der Waals surface area contributed by atoms with E-state index in [-0.39, 0.29) is 6.10 Å². The number of rotatable bonds is 3. The Bertz CT molecular complexity index is 537. The molecule has 1 aliphatic heterocycles. The van der Waals surface area contributed by atoms with Crippen molar-refractivity contribution in [2.45, 2.75) is 25.5 Å². The van der Waals surface area contributed by atoms with E-state index < -0.39 is 5.76 Å². The Kier molecular flexibility index (Phi) is 2.82. The van der Waals surface area contributed by atoms with Crippen LogP contribution in [0.25, 0.3) is 10.7 Å². The van der Waals surface area contributed by atoms with Gasteiger partial charge in [0.05, 0.1) is 17.5 Å². The number of thiophene rings is 1. The summed E-state index contributed by atoms with van der Waals surface area (Å²) in [6.07, 6.45) is 2.14. The van der Waals surface area contributed by atoms with Gasteiger partial charge < -0.3 is 4.74 Å². The van der Waals surface area contributed by atoms with Crippen LogP contribution >= 0.6 is 11.3 Å². The Balaban J connectivity index is 1.92. The highest BCUT2D eigenvalue weighted by Crippen LogP contribution is 2.23. The fourth-order valence-corrected chi connectivity index (χ4v) is 2.72. The van der Waals surface area contributed by atoms with Gasteiger partial charge in [-0.1, -0.05) is 11.2 Å². The van der Waals surface area contributed by atoms with Crippen LogP contribution in [0.5, 0.6) is 0 Å². The van der Waals surface area contributed by atoms with Gasteiger partial charge in [-0.3, -0.25) is 9.09 Å². The smallest absolute Gasteiger partial charge is 0.376 e. The Morgan fingerprint density at radius 3 is 3.24 bits per heavy atom. The van der Waals surface area contributed by atoms with E-state index in [1.807, 2.05) is 17.5 Å². The van der Waals surface area contributed by atoms with Gasteiger partial charge in [0.25, 0.3) is 0 Å². The van der Waals surface area contributed by atoms with E-state index in [1.165, 1.54) is 11.3 Å². The molecule has 1 aliphatic rings. The zero-order valence-corrected chi connectivity index (χ0v) is 9.98. The molecule has 0 radical (unpaired) electrons. The largest absolute Gasteiger partial charge is 0.441 e. The van der Waals surface area contributed by atoms with E-state index in [9.17, 15) is 4.79 Å². The lowest BCUT2D eigenvalue weighted by atomic mass is 10.2. The number of aromatic nitrogens is 2. The zero-order valence-electron chi connectivity index (χ0n) is 9.17. The summed E-state index contributed by atoms with van der Waals surface area (Å²) in [5, 5.41) is 5.78. The highest BCUT2D eigenvalue weighted by molar-refractivity contribution is 7.13. The number of hydrogen-bond acceptors (Lipinski definition) is 5. The van der Waals surface area contributed by atoms with Crippen LogP contribution < -0.4 is 5.76 Å². The molecule has 0 N–H and O–H groups in total. The molecular weight excluding hydrogens is 240 g/mol. The monoisotopic (exact) mass is 252 g/mol. The molecule has 0 spiro atoms. The molecule has 0 unspecified atom stereocenters. The Labute approximate surface area is 102 Å². The molecule has 90 valence electrons. The third-order valence-corrected chi connectivity index (χ3v) is 3.70. The molecule has 5 nitrogen and oxygen atoms in total. The molecule has 0 bridgehead atoms. The third kappa shape index (κ3) is 2.05. The van der Waals surface area contributed by atoms with E-state index in [0.29, 0.717) is 12.4 Å². The molecule has 0 amide bonds. The molecule has 3 rings (SSSR count). The van der Waals surface area contributed by atoms with Gasteiger partial charge in [-0.2, -0.15) is 0 Å². The highest BCUT2D eigenvalue weighted by Gasteiger charge is 2.21. The van der Waals surface area contributed by atoms with Gasteiger partial charge in [0.15, 0.2) is 5.82 Å². The fraction of sp³-hybridized carbons (Fsp3) is 0.455. The minimum atomic E-state index is -0.413. The van der Waals surface area contributed by atoms with Crippen molar-refractivity contribution in [3.05, 3.63) is 28.1 Å². The summed E-state index contributed by atoms with van der Waals surface area (Å²) in [6, 6.07) is 3.85. The van der Waals surface area contributed by atoms with Crippen LogP contribution in [0, 0.1) is 0 Å². The van der Waals surface area contributed by atoms with Crippen LogP contribution in [0.2, 0.25) is 0 Å². The normalized spacial score (nSPS) is 19.9. The first kappa shape index (κ1) is 10.7. The molecule has 17 heavy (non-hydrogen) atoms. The maximum atomic E-state index is 11.6. The van der Waals surface area contributed by atoms with Crippen LogP contribution in [0.15, 0.2) is 26.8 Å². The SMILES string of the molecule is O=c1onc(-c2cccs2)n1C[C@@H]1CCCO1. The first-order chi connectivity index (χ1) is 8.34. The Morgan fingerprint density at radius 1 is 1.59 bits per heavy atom. The van der Waals surface area contributed by atoms with Crippen LogP contribution in [-0.4, -0.2) is 22.4 Å². The second-order valence-corrected chi connectivity index (χ2v) is 4.94. The molecule has 1 atom stereocenters. The van der Waals surface area contributed by atoms with Gasteiger partial charge in [-0.25, -0.2) is 4.79 Å². The molecule has 2 aromatic rings. The predicted molar refractivity (Wildman–Crippen MR) is 63.1 cm³/mol. The molecule has 0 aromatic carbocycles. The molecule has 6 heteroatoms. The van der Waals surface area contributed by atoms with Crippen molar-refractivity contribution in [3.63, 3.8) is 0 Å². The topological polar surface area (TPSA) is 57.3 Å². The summed E-state index contributed by atoms with van der Waals surface area (Å²) in [5.41, 5.74) is 0. The van der Waals surface area contributed by atoms with Crippen LogP contribution in [-0.2, 0) is 11.3 Å². The average molecular weight is 252 g/mol. The number of hydrogen-bond donors (Lipinski definition) is 0. The Hall–Kier alpha value is -1.40. The minimum Gasteiger partial charge on any atom is -0.376 e. The van der Waals surface area contributed by atoms with E-state index in [1.54, 1.807) is 4.57 Å². The van der Waals surface area contributed by atoms with Gasteiger partial charge in [0, 0.05) is 6.61 Å². The van der Waals surface area contributed by atoms with Gasteiger partial charge in [-0.15, -0.1) is 11.3 Å². The second kappa shape index (κ2) is 4.46. The summed E-state index contributed by atoms with van der Waals surface area (Å²) in [6.45, 7) is 1.30.